The first-order valence-electron chi connectivity index (χ1n) is 6.40. The minimum Gasteiger partial charge on any atom is -0.396 e. The number of rotatable bonds is 5. The van der Waals surface area contributed by atoms with Gasteiger partial charge in [-0.3, -0.25) is 4.90 Å². The number of hydrogen-bond acceptors (Lipinski definition) is 3. The molecule has 0 radical (unpaired) electrons. The van der Waals surface area contributed by atoms with Gasteiger partial charge in [-0.15, -0.1) is 0 Å². The van der Waals surface area contributed by atoms with Gasteiger partial charge in [0.25, 0.3) is 0 Å². The monoisotopic (exact) mass is 210 g/mol. The molecule has 2 N–H and O–H groups in total. The zero-order valence-corrected chi connectivity index (χ0v) is 9.41. The average molecular weight is 210 g/mol. The van der Waals surface area contributed by atoms with Crippen molar-refractivity contribution in [3.05, 3.63) is 0 Å². The molecule has 3 aliphatic rings. The number of likely N-dealkylation sites (tertiary alicyclic amines) is 1. The lowest BCUT2D eigenvalue weighted by atomic mass is 10.1. The second-order valence-electron chi connectivity index (χ2n) is 5.75. The molecule has 3 nitrogen and oxygen atoms in total. The van der Waals surface area contributed by atoms with Gasteiger partial charge in [-0.1, -0.05) is 0 Å². The van der Waals surface area contributed by atoms with E-state index < -0.39 is 0 Å². The van der Waals surface area contributed by atoms with Crippen molar-refractivity contribution in [3.63, 3.8) is 0 Å². The van der Waals surface area contributed by atoms with Gasteiger partial charge in [0, 0.05) is 43.7 Å². The standard InChI is InChI=1S/C12H22N2O/c15-9-12(4-5-12)8-13-10-3-6-14(7-10)11-1-2-11/h10-11,13,15H,1-9H2. The molecule has 1 unspecified atom stereocenters. The summed E-state index contributed by atoms with van der Waals surface area (Å²) in [4.78, 5) is 2.64. The van der Waals surface area contributed by atoms with Crippen LogP contribution in [0.5, 0.6) is 0 Å². The Balaban J connectivity index is 1.41. The number of nitrogens with zero attached hydrogens (tertiary/aromatic N) is 1. The van der Waals surface area contributed by atoms with Crippen molar-refractivity contribution in [2.45, 2.75) is 44.2 Å². The lowest BCUT2D eigenvalue weighted by molar-refractivity contribution is 0.203. The number of nitrogens with one attached hydrogen (secondary N) is 1. The van der Waals surface area contributed by atoms with Crippen LogP contribution in [0.15, 0.2) is 0 Å². The summed E-state index contributed by atoms with van der Waals surface area (Å²) in [6.07, 6.45) is 6.59. The Labute approximate surface area is 91.8 Å². The third kappa shape index (κ3) is 2.19. The number of aliphatic hydroxyl groups is 1. The molecule has 1 atom stereocenters. The van der Waals surface area contributed by atoms with E-state index in [0.29, 0.717) is 12.6 Å². The normalized spacial score (nSPS) is 34.6. The van der Waals surface area contributed by atoms with Gasteiger partial charge in [0.2, 0.25) is 0 Å². The van der Waals surface area contributed by atoms with Gasteiger partial charge < -0.3 is 10.4 Å². The highest BCUT2D eigenvalue weighted by molar-refractivity contribution is 4.97. The van der Waals surface area contributed by atoms with Crippen LogP contribution in [0.3, 0.4) is 0 Å². The minimum atomic E-state index is 0.271. The predicted octanol–water partition coefficient (Wildman–Crippen LogP) is 0.585. The molecular weight excluding hydrogens is 188 g/mol. The molecule has 0 aromatic carbocycles. The summed E-state index contributed by atoms with van der Waals surface area (Å²) >= 11 is 0. The fourth-order valence-corrected chi connectivity index (χ4v) is 2.65. The molecule has 2 aliphatic carbocycles. The summed E-state index contributed by atoms with van der Waals surface area (Å²) in [5, 5.41) is 12.9. The van der Waals surface area contributed by atoms with Crippen molar-refractivity contribution < 1.29 is 5.11 Å². The van der Waals surface area contributed by atoms with E-state index in [0.717, 1.165) is 12.6 Å². The first-order chi connectivity index (χ1) is 7.31. The number of aliphatic hydroxyl groups excluding tert-OH is 1. The first-order valence-corrected chi connectivity index (χ1v) is 6.40. The van der Waals surface area contributed by atoms with Gasteiger partial charge in [-0.2, -0.15) is 0 Å². The average Bonchev–Trinajstić information content (AvgIpc) is 3.17. The highest BCUT2D eigenvalue weighted by Crippen LogP contribution is 2.44. The van der Waals surface area contributed by atoms with E-state index in [1.54, 1.807) is 0 Å². The van der Waals surface area contributed by atoms with Gasteiger partial charge in [-0.25, -0.2) is 0 Å². The van der Waals surface area contributed by atoms with Gasteiger partial charge in [0.1, 0.15) is 0 Å². The van der Waals surface area contributed by atoms with Crippen LogP contribution in [-0.4, -0.2) is 48.3 Å². The second kappa shape index (κ2) is 3.72. The quantitative estimate of drug-likeness (QED) is 0.697. The zero-order chi connectivity index (χ0) is 10.3. The molecule has 0 amide bonds. The van der Waals surface area contributed by atoms with Crippen LogP contribution in [0, 0.1) is 5.41 Å². The summed E-state index contributed by atoms with van der Waals surface area (Å²) < 4.78 is 0. The van der Waals surface area contributed by atoms with Crippen LogP contribution in [0.4, 0.5) is 0 Å². The Morgan fingerprint density at radius 1 is 1.27 bits per heavy atom. The molecule has 2 saturated carbocycles. The van der Waals surface area contributed by atoms with E-state index in [-0.39, 0.29) is 5.41 Å². The van der Waals surface area contributed by atoms with Crippen LogP contribution in [0.1, 0.15) is 32.1 Å². The van der Waals surface area contributed by atoms with Crippen molar-refractivity contribution in [1.82, 2.24) is 10.2 Å². The molecule has 15 heavy (non-hydrogen) atoms. The molecule has 86 valence electrons. The van der Waals surface area contributed by atoms with Crippen molar-refractivity contribution in [3.8, 4) is 0 Å². The first kappa shape index (κ1) is 10.1. The summed E-state index contributed by atoms with van der Waals surface area (Å²) in [7, 11) is 0. The summed E-state index contributed by atoms with van der Waals surface area (Å²) in [5.41, 5.74) is 0.271. The molecule has 0 aromatic rings. The van der Waals surface area contributed by atoms with Crippen molar-refractivity contribution in [2.24, 2.45) is 5.41 Å². The lowest BCUT2D eigenvalue weighted by Gasteiger charge is -2.18. The summed E-state index contributed by atoms with van der Waals surface area (Å²) in [6, 6.07) is 1.61. The van der Waals surface area contributed by atoms with Crippen LogP contribution in [0.25, 0.3) is 0 Å². The lowest BCUT2D eigenvalue weighted by Crippen LogP contribution is -2.37. The highest BCUT2D eigenvalue weighted by Gasteiger charge is 2.42. The maximum Gasteiger partial charge on any atom is 0.0499 e. The van der Waals surface area contributed by atoms with E-state index in [1.807, 2.05) is 0 Å². The molecule has 0 aromatic heterocycles. The molecule has 1 aliphatic heterocycles. The predicted molar refractivity (Wildman–Crippen MR) is 59.8 cm³/mol. The van der Waals surface area contributed by atoms with E-state index in [2.05, 4.69) is 10.2 Å². The van der Waals surface area contributed by atoms with Crippen LogP contribution >= 0.6 is 0 Å². The minimum absolute atomic E-state index is 0.271. The van der Waals surface area contributed by atoms with E-state index in [4.69, 9.17) is 0 Å². The Bertz CT molecular complexity index is 236. The summed E-state index contributed by atoms with van der Waals surface area (Å²) in [5.74, 6) is 0. The van der Waals surface area contributed by atoms with Crippen LogP contribution < -0.4 is 5.32 Å². The van der Waals surface area contributed by atoms with Gasteiger partial charge in [0.05, 0.1) is 0 Å². The molecule has 3 rings (SSSR count). The van der Waals surface area contributed by atoms with Crippen molar-refractivity contribution in [2.75, 3.05) is 26.2 Å². The maximum absolute atomic E-state index is 9.23. The SMILES string of the molecule is OCC1(CNC2CCN(C3CC3)C2)CC1. The molecule has 1 saturated heterocycles. The maximum atomic E-state index is 9.23. The van der Waals surface area contributed by atoms with E-state index in [1.165, 1.54) is 45.2 Å². The van der Waals surface area contributed by atoms with E-state index >= 15 is 0 Å². The third-order valence-electron chi connectivity index (χ3n) is 4.34. The second-order valence-corrected chi connectivity index (χ2v) is 5.75. The topological polar surface area (TPSA) is 35.5 Å². The Kier molecular flexibility index (Phi) is 2.49. The van der Waals surface area contributed by atoms with Crippen LogP contribution in [-0.2, 0) is 0 Å². The summed E-state index contributed by atoms with van der Waals surface area (Å²) in [6.45, 7) is 3.94. The van der Waals surface area contributed by atoms with Crippen molar-refractivity contribution >= 4 is 0 Å². The molecule has 0 bridgehead atoms. The smallest absolute Gasteiger partial charge is 0.0499 e. The molecule has 0 spiro atoms. The van der Waals surface area contributed by atoms with E-state index in [9.17, 15) is 5.11 Å². The highest BCUT2D eigenvalue weighted by atomic mass is 16.3. The van der Waals surface area contributed by atoms with Crippen LogP contribution in [0.2, 0.25) is 0 Å². The molecule has 1 heterocycles. The fraction of sp³-hybridized carbons (Fsp3) is 1.00. The zero-order valence-electron chi connectivity index (χ0n) is 9.41. The fourth-order valence-electron chi connectivity index (χ4n) is 2.65. The number of hydrogen-bond donors (Lipinski definition) is 2. The van der Waals surface area contributed by atoms with Crippen molar-refractivity contribution in [1.29, 1.82) is 0 Å². The molecule has 3 fully saturated rings. The Morgan fingerprint density at radius 2 is 2.07 bits per heavy atom. The van der Waals surface area contributed by atoms with Gasteiger partial charge in [0.15, 0.2) is 0 Å². The Morgan fingerprint density at radius 3 is 2.67 bits per heavy atom. The third-order valence-corrected chi connectivity index (χ3v) is 4.34. The Hall–Kier alpha value is -0.120. The largest absolute Gasteiger partial charge is 0.396 e. The van der Waals surface area contributed by atoms with Gasteiger partial charge in [-0.05, 0) is 32.1 Å². The van der Waals surface area contributed by atoms with Gasteiger partial charge >= 0.3 is 0 Å². The molecule has 3 heteroatoms. The molecular formula is C12H22N2O.